The Labute approximate surface area is 213 Å². The summed E-state index contributed by atoms with van der Waals surface area (Å²) in [4.78, 5) is 45.3. The number of aliphatic imine (C=N–C) groups is 1. The minimum Gasteiger partial charge on any atom is -0.466 e. The van der Waals surface area contributed by atoms with Gasteiger partial charge in [0, 0.05) is 31.4 Å². The van der Waals surface area contributed by atoms with E-state index in [0.29, 0.717) is 40.7 Å². The molecule has 2 aliphatic heterocycles. The number of carbonyl (C=O) groups is 2. The number of allylic oxidation sites excluding steroid dienone is 1. The summed E-state index contributed by atoms with van der Waals surface area (Å²) in [6.45, 7) is 2.35. The number of amidine groups is 1. The van der Waals surface area contributed by atoms with Gasteiger partial charge >= 0.3 is 5.97 Å². The molecule has 1 amide bonds. The summed E-state index contributed by atoms with van der Waals surface area (Å²) in [6.07, 6.45) is 0.554. The summed E-state index contributed by atoms with van der Waals surface area (Å²) in [6, 6.07) is 15.2. The average molecular weight is 507 g/mol. The van der Waals surface area contributed by atoms with Crippen molar-refractivity contribution < 1.29 is 19.2 Å². The van der Waals surface area contributed by atoms with Crippen molar-refractivity contribution >= 4 is 34.5 Å². The normalized spacial score (nSPS) is 16.8. The molecule has 0 bridgehead atoms. The number of thioether (sulfide) groups is 1. The van der Waals surface area contributed by atoms with Crippen LogP contribution in [-0.4, -0.2) is 45.9 Å². The number of ether oxygens (including phenoxy) is 1. The van der Waals surface area contributed by atoms with Gasteiger partial charge in [-0.05, 0) is 23.0 Å². The predicted octanol–water partition coefficient (Wildman–Crippen LogP) is 4.78. The van der Waals surface area contributed by atoms with Crippen LogP contribution < -0.4 is 0 Å². The number of hydrogen-bond donors (Lipinski definition) is 0. The lowest BCUT2D eigenvalue weighted by atomic mass is 9.92. The number of methoxy groups -OCH3 is 1. The molecule has 0 aromatic heterocycles. The van der Waals surface area contributed by atoms with Crippen LogP contribution in [-0.2, 0) is 20.9 Å². The summed E-state index contributed by atoms with van der Waals surface area (Å²) in [5.41, 5.74) is 3.00. The van der Waals surface area contributed by atoms with Gasteiger partial charge in [0.05, 0.1) is 35.8 Å². The van der Waals surface area contributed by atoms with Gasteiger partial charge in [-0.3, -0.25) is 14.9 Å². The smallest absolute Gasteiger partial charge is 0.338 e. The highest BCUT2D eigenvalue weighted by molar-refractivity contribution is 8.16. The average Bonchev–Trinajstić information content (AvgIpc) is 3.29. The SMILES string of the molecule is CCC1=C(C(=O)OC)C(c2cccc([N+](=O)[O-])c2)N2C(CC(=O)N(C)Cc3ccccc3)=CSC2=N1. The largest absolute Gasteiger partial charge is 0.466 e. The summed E-state index contributed by atoms with van der Waals surface area (Å²) in [5.74, 6) is -0.662. The van der Waals surface area contributed by atoms with Crippen LogP contribution >= 0.6 is 11.8 Å². The van der Waals surface area contributed by atoms with E-state index >= 15 is 0 Å². The van der Waals surface area contributed by atoms with E-state index in [1.54, 1.807) is 24.1 Å². The van der Waals surface area contributed by atoms with Gasteiger partial charge in [0.1, 0.15) is 0 Å². The highest BCUT2D eigenvalue weighted by atomic mass is 32.2. The molecule has 36 heavy (non-hydrogen) atoms. The summed E-state index contributed by atoms with van der Waals surface area (Å²) < 4.78 is 5.09. The maximum absolute atomic E-state index is 13.2. The van der Waals surface area contributed by atoms with E-state index in [9.17, 15) is 19.7 Å². The molecule has 2 aliphatic rings. The van der Waals surface area contributed by atoms with Crippen LogP contribution in [0.25, 0.3) is 0 Å². The molecule has 4 rings (SSSR count). The van der Waals surface area contributed by atoms with E-state index in [1.165, 1.54) is 31.0 Å². The number of nitrogens with zero attached hydrogens (tertiary/aromatic N) is 4. The lowest BCUT2D eigenvalue weighted by Gasteiger charge is -2.36. The van der Waals surface area contributed by atoms with Crippen LogP contribution in [0.2, 0.25) is 0 Å². The molecule has 2 aromatic carbocycles. The Bertz CT molecular complexity index is 1290. The van der Waals surface area contributed by atoms with Gasteiger partial charge in [-0.2, -0.15) is 0 Å². The molecule has 0 saturated carbocycles. The zero-order chi connectivity index (χ0) is 25.8. The number of non-ortho nitro benzene ring substituents is 1. The molecule has 0 aliphatic carbocycles. The van der Waals surface area contributed by atoms with Gasteiger partial charge in [0.2, 0.25) is 5.91 Å². The minimum atomic E-state index is -0.715. The second-order valence-electron chi connectivity index (χ2n) is 8.36. The number of fused-ring (bicyclic) bond motifs is 1. The highest BCUT2D eigenvalue weighted by Gasteiger charge is 2.42. The van der Waals surface area contributed by atoms with Crippen LogP contribution in [0.5, 0.6) is 0 Å². The first-order valence-corrected chi connectivity index (χ1v) is 12.3. The summed E-state index contributed by atoms with van der Waals surface area (Å²) >= 11 is 1.36. The van der Waals surface area contributed by atoms with E-state index in [-0.39, 0.29) is 18.0 Å². The molecule has 0 saturated heterocycles. The van der Waals surface area contributed by atoms with Crippen molar-refractivity contribution in [3.05, 3.63) is 98.2 Å². The number of nitro benzene ring substituents is 1. The Balaban J connectivity index is 1.69. The lowest BCUT2D eigenvalue weighted by Crippen LogP contribution is -2.38. The zero-order valence-corrected chi connectivity index (χ0v) is 21.0. The number of benzene rings is 2. The molecular formula is C26H26N4O5S. The molecule has 9 nitrogen and oxygen atoms in total. The maximum Gasteiger partial charge on any atom is 0.338 e. The van der Waals surface area contributed by atoms with E-state index in [0.717, 1.165) is 5.56 Å². The van der Waals surface area contributed by atoms with Crippen LogP contribution in [0.1, 0.15) is 36.9 Å². The Morgan fingerprint density at radius 3 is 2.61 bits per heavy atom. The van der Waals surface area contributed by atoms with Gasteiger partial charge in [0.15, 0.2) is 5.17 Å². The van der Waals surface area contributed by atoms with Crippen LogP contribution in [0.3, 0.4) is 0 Å². The fraction of sp³-hybridized carbons (Fsp3) is 0.269. The number of nitro groups is 1. The lowest BCUT2D eigenvalue weighted by molar-refractivity contribution is -0.384. The quantitative estimate of drug-likeness (QED) is 0.288. The number of hydrogen-bond acceptors (Lipinski definition) is 8. The molecular weight excluding hydrogens is 480 g/mol. The first kappa shape index (κ1) is 25.2. The Hall–Kier alpha value is -3.92. The molecule has 0 fully saturated rings. The zero-order valence-electron chi connectivity index (χ0n) is 20.2. The van der Waals surface area contributed by atoms with E-state index in [1.807, 2.05) is 47.6 Å². The fourth-order valence-electron chi connectivity index (χ4n) is 4.27. The third-order valence-corrected chi connectivity index (χ3v) is 6.94. The second kappa shape index (κ2) is 10.8. The minimum absolute atomic E-state index is 0.0801. The molecule has 0 spiro atoms. The van der Waals surface area contributed by atoms with Gasteiger partial charge < -0.3 is 14.5 Å². The monoisotopic (exact) mass is 506 g/mol. The molecule has 2 heterocycles. The Morgan fingerprint density at radius 1 is 1.19 bits per heavy atom. The predicted molar refractivity (Wildman–Crippen MR) is 138 cm³/mol. The molecule has 186 valence electrons. The van der Waals surface area contributed by atoms with Crippen molar-refractivity contribution in [2.75, 3.05) is 14.2 Å². The molecule has 1 atom stereocenters. The van der Waals surface area contributed by atoms with Gasteiger partial charge in [0.25, 0.3) is 5.69 Å². The molecule has 0 N–H and O–H groups in total. The molecule has 10 heteroatoms. The summed E-state index contributed by atoms with van der Waals surface area (Å²) in [5, 5.41) is 14.0. The number of rotatable bonds is 8. The number of amides is 1. The topological polar surface area (TPSA) is 105 Å². The van der Waals surface area contributed by atoms with Gasteiger partial charge in [-0.15, -0.1) is 0 Å². The highest BCUT2D eigenvalue weighted by Crippen LogP contribution is 2.46. The van der Waals surface area contributed by atoms with Gasteiger partial charge in [-0.1, -0.05) is 61.2 Å². The van der Waals surface area contributed by atoms with E-state index in [4.69, 9.17) is 4.74 Å². The fourth-order valence-corrected chi connectivity index (χ4v) is 5.21. The van der Waals surface area contributed by atoms with Crippen molar-refractivity contribution in [1.29, 1.82) is 0 Å². The number of carbonyl (C=O) groups excluding carboxylic acids is 2. The van der Waals surface area contributed by atoms with Crippen molar-refractivity contribution in [3.8, 4) is 0 Å². The van der Waals surface area contributed by atoms with Crippen LogP contribution in [0.15, 0.2) is 82.0 Å². The van der Waals surface area contributed by atoms with Crippen molar-refractivity contribution in [2.45, 2.75) is 32.4 Å². The Kier molecular flexibility index (Phi) is 7.54. The third kappa shape index (κ3) is 5.03. The number of esters is 1. The van der Waals surface area contributed by atoms with Crippen molar-refractivity contribution in [3.63, 3.8) is 0 Å². The van der Waals surface area contributed by atoms with E-state index < -0.39 is 16.9 Å². The van der Waals surface area contributed by atoms with E-state index in [2.05, 4.69) is 4.99 Å². The van der Waals surface area contributed by atoms with Crippen molar-refractivity contribution in [2.24, 2.45) is 4.99 Å². The van der Waals surface area contributed by atoms with Crippen molar-refractivity contribution in [1.82, 2.24) is 9.80 Å². The third-order valence-electron chi connectivity index (χ3n) is 6.05. The van der Waals surface area contributed by atoms with Crippen LogP contribution in [0.4, 0.5) is 5.69 Å². The molecule has 1 unspecified atom stereocenters. The summed E-state index contributed by atoms with van der Waals surface area (Å²) in [7, 11) is 3.04. The second-order valence-corrected chi connectivity index (χ2v) is 9.20. The van der Waals surface area contributed by atoms with Crippen LogP contribution in [0, 0.1) is 10.1 Å². The standard InChI is InChI=1S/C26H26N4O5S/c1-4-21-23(25(32)35-3)24(18-11-8-12-19(13-18)30(33)34)29-20(16-36-26(29)27-21)14-22(31)28(2)15-17-9-6-5-7-10-17/h5-13,16,24H,4,14-15H2,1-3H3. The maximum atomic E-state index is 13.2. The molecule has 2 aromatic rings. The molecule has 0 radical (unpaired) electrons. The first-order chi connectivity index (χ1) is 17.3. The first-order valence-electron chi connectivity index (χ1n) is 11.4. The Morgan fingerprint density at radius 2 is 1.94 bits per heavy atom. The van der Waals surface area contributed by atoms with Gasteiger partial charge in [-0.25, -0.2) is 9.79 Å².